The van der Waals surface area contributed by atoms with E-state index < -0.39 is 5.97 Å². The molecule has 0 heterocycles. The van der Waals surface area contributed by atoms with Crippen LogP contribution in [0.3, 0.4) is 0 Å². The van der Waals surface area contributed by atoms with E-state index in [4.69, 9.17) is 0 Å². The number of nitrogens with zero attached hydrogens (tertiary/aromatic N) is 1. The van der Waals surface area contributed by atoms with Gasteiger partial charge in [0.05, 0.1) is 17.2 Å². The Morgan fingerprint density at radius 2 is 1.90 bits per heavy atom. The lowest BCUT2D eigenvalue weighted by Crippen LogP contribution is -2.10. The SMILES string of the molecule is Cc1c(C#N)c(CC(C)C)c(C(=O)O)c2ccccc12. The molecule has 3 heteroatoms. The second kappa shape index (κ2) is 5.34. The van der Waals surface area contributed by atoms with Gasteiger partial charge in [-0.25, -0.2) is 4.79 Å². The summed E-state index contributed by atoms with van der Waals surface area (Å²) in [6.45, 7) is 5.94. The highest BCUT2D eigenvalue weighted by Gasteiger charge is 2.21. The molecular formula is C17H17NO2. The Kier molecular flexibility index (Phi) is 3.76. The average Bonchev–Trinajstić information content (AvgIpc) is 2.38. The van der Waals surface area contributed by atoms with E-state index in [1.807, 2.05) is 45.0 Å². The number of hydrogen-bond donors (Lipinski definition) is 1. The van der Waals surface area contributed by atoms with Crippen LogP contribution < -0.4 is 0 Å². The highest BCUT2D eigenvalue weighted by atomic mass is 16.4. The zero-order valence-electron chi connectivity index (χ0n) is 11.9. The van der Waals surface area contributed by atoms with Crippen molar-refractivity contribution in [2.24, 2.45) is 5.92 Å². The maximum Gasteiger partial charge on any atom is 0.336 e. The number of aromatic carboxylic acids is 1. The molecule has 2 aromatic rings. The summed E-state index contributed by atoms with van der Waals surface area (Å²) in [5.74, 6) is -0.672. The van der Waals surface area contributed by atoms with Gasteiger partial charge in [0.2, 0.25) is 0 Å². The normalized spacial score (nSPS) is 10.8. The summed E-state index contributed by atoms with van der Waals surface area (Å²) in [4.78, 5) is 11.7. The van der Waals surface area contributed by atoms with E-state index >= 15 is 0 Å². The lowest BCUT2D eigenvalue weighted by atomic mass is 9.86. The van der Waals surface area contributed by atoms with Gasteiger partial charge >= 0.3 is 5.97 Å². The largest absolute Gasteiger partial charge is 0.478 e. The van der Waals surface area contributed by atoms with Crippen LogP contribution in [-0.2, 0) is 6.42 Å². The molecule has 102 valence electrons. The van der Waals surface area contributed by atoms with Crippen LogP contribution in [0.5, 0.6) is 0 Å². The first kappa shape index (κ1) is 14.1. The van der Waals surface area contributed by atoms with E-state index in [-0.39, 0.29) is 5.56 Å². The van der Waals surface area contributed by atoms with Gasteiger partial charge in [0.1, 0.15) is 0 Å². The highest BCUT2D eigenvalue weighted by Crippen LogP contribution is 2.31. The summed E-state index contributed by atoms with van der Waals surface area (Å²) in [6, 6.07) is 9.58. The number of rotatable bonds is 3. The minimum atomic E-state index is -0.964. The van der Waals surface area contributed by atoms with Crippen molar-refractivity contribution in [2.45, 2.75) is 27.2 Å². The Morgan fingerprint density at radius 1 is 1.30 bits per heavy atom. The van der Waals surface area contributed by atoms with Crippen LogP contribution in [0.15, 0.2) is 24.3 Å². The average molecular weight is 267 g/mol. The second-order valence-corrected chi connectivity index (χ2v) is 5.41. The number of carbonyl (C=O) groups is 1. The Hall–Kier alpha value is -2.34. The van der Waals surface area contributed by atoms with Gasteiger partial charge in [-0.15, -0.1) is 0 Å². The highest BCUT2D eigenvalue weighted by molar-refractivity contribution is 6.07. The third kappa shape index (κ3) is 2.25. The maximum absolute atomic E-state index is 11.7. The number of aryl methyl sites for hydroxylation is 1. The first-order valence-electron chi connectivity index (χ1n) is 6.65. The molecule has 0 radical (unpaired) electrons. The zero-order valence-corrected chi connectivity index (χ0v) is 11.9. The molecule has 0 fully saturated rings. The second-order valence-electron chi connectivity index (χ2n) is 5.41. The first-order chi connectivity index (χ1) is 9.47. The third-order valence-electron chi connectivity index (χ3n) is 3.52. The number of carboxylic acid groups (broad SMARTS) is 1. The molecule has 2 aromatic carbocycles. The summed E-state index contributed by atoms with van der Waals surface area (Å²) in [6.07, 6.45) is 0.593. The number of fused-ring (bicyclic) bond motifs is 1. The Morgan fingerprint density at radius 3 is 2.40 bits per heavy atom. The summed E-state index contributed by atoms with van der Waals surface area (Å²) >= 11 is 0. The number of carboxylic acids is 1. The van der Waals surface area contributed by atoms with E-state index in [9.17, 15) is 15.2 Å². The molecule has 0 spiro atoms. The fourth-order valence-corrected chi connectivity index (χ4v) is 2.68. The quantitative estimate of drug-likeness (QED) is 0.916. The van der Waals surface area contributed by atoms with Gasteiger partial charge in [0.25, 0.3) is 0 Å². The standard InChI is InChI=1S/C17H17NO2/c1-10(2)8-14-15(9-18)11(3)12-6-4-5-7-13(12)16(14)17(19)20/h4-7,10H,8H2,1-3H3,(H,19,20). The molecule has 0 bridgehead atoms. The molecule has 0 saturated heterocycles. The van der Waals surface area contributed by atoms with Crippen LogP contribution in [0.1, 0.15) is 40.9 Å². The molecule has 3 nitrogen and oxygen atoms in total. The van der Waals surface area contributed by atoms with Crippen LogP contribution in [0, 0.1) is 24.2 Å². The molecular weight excluding hydrogens is 250 g/mol. The molecule has 0 aliphatic heterocycles. The van der Waals surface area contributed by atoms with Gasteiger partial charge in [0, 0.05) is 0 Å². The van der Waals surface area contributed by atoms with Crippen molar-refractivity contribution in [1.29, 1.82) is 5.26 Å². The van der Waals surface area contributed by atoms with Gasteiger partial charge in [0.15, 0.2) is 0 Å². The first-order valence-corrected chi connectivity index (χ1v) is 6.65. The zero-order chi connectivity index (χ0) is 14.9. The third-order valence-corrected chi connectivity index (χ3v) is 3.52. The fraction of sp³-hybridized carbons (Fsp3) is 0.294. The van der Waals surface area contributed by atoms with Crippen LogP contribution in [-0.4, -0.2) is 11.1 Å². The fourth-order valence-electron chi connectivity index (χ4n) is 2.68. The monoisotopic (exact) mass is 267 g/mol. The molecule has 0 amide bonds. The van der Waals surface area contributed by atoms with E-state index in [1.54, 1.807) is 0 Å². The molecule has 0 aliphatic rings. The van der Waals surface area contributed by atoms with Crippen LogP contribution in [0.25, 0.3) is 10.8 Å². The topological polar surface area (TPSA) is 61.1 Å². The van der Waals surface area contributed by atoms with Crippen LogP contribution in [0.2, 0.25) is 0 Å². The molecule has 0 aliphatic carbocycles. The molecule has 20 heavy (non-hydrogen) atoms. The van der Waals surface area contributed by atoms with Crippen molar-refractivity contribution in [3.05, 3.63) is 46.5 Å². The molecule has 1 N–H and O–H groups in total. The van der Waals surface area contributed by atoms with Crippen molar-refractivity contribution >= 4 is 16.7 Å². The predicted octanol–water partition coefficient (Wildman–Crippen LogP) is 3.92. The van der Waals surface area contributed by atoms with Crippen molar-refractivity contribution in [2.75, 3.05) is 0 Å². The minimum Gasteiger partial charge on any atom is -0.478 e. The number of hydrogen-bond acceptors (Lipinski definition) is 2. The van der Waals surface area contributed by atoms with Gasteiger partial charge in [-0.05, 0) is 41.2 Å². The van der Waals surface area contributed by atoms with E-state index in [2.05, 4.69) is 6.07 Å². The Balaban J connectivity index is 2.97. The molecule has 2 rings (SSSR count). The Labute approximate surface area is 118 Å². The van der Waals surface area contributed by atoms with Crippen molar-refractivity contribution in [3.63, 3.8) is 0 Å². The van der Waals surface area contributed by atoms with E-state index in [1.165, 1.54) is 0 Å². The van der Waals surface area contributed by atoms with Gasteiger partial charge in [-0.1, -0.05) is 38.1 Å². The summed E-state index contributed by atoms with van der Waals surface area (Å²) in [5.41, 5.74) is 2.31. The van der Waals surface area contributed by atoms with E-state index in [0.29, 0.717) is 28.9 Å². The Bertz CT molecular complexity index is 724. The van der Waals surface area contributed by atoms with Gasteiger partial charge in [-0.2, -0.15) is 5.26 Å². The lowest BCUT2D eigenvalue weighted by Gasteiger charge is -2.16. The van der Waals surface area contributed by atoms with Crippen molar-refractivity contribution in [1.82, 2.24) is 0 Å². The summed E-state index contributed by atoms with van der Waals surface area (Å²) in [5, 5.41) is 20.6. The van der Waals surface area contributed by atoms with Crippen LogP contribution >= 0.6 is 0 Å². The summed E-state index contributed by atoms with van der Waals surface area (Å²) < 4.78 is 0. The van der Waals surface area contributed by atoms with Crippen LogP contribution in [0.4, 0.5) is 0 Å². The van der Waals surface area contributed by atoms with Crippen molar-refractivity contribution < 1.29 is 9.90 Å². The minimum absolute atomic E-state index is 0.274. The molecule has 0 atom stereocenters. The lowest BCUT2D eigenvalue weighted by molar-refractivity contribution is 0.0697. The number of nitriles is 1. The number of benzene rings is 2. The smallest absolute Gasteiger partial charge is 0.336 e. The van der Waals surface area contributed by atoms with Gasteiger partial charge < -0.3 is 5.11 Å². The van der Waals surface area contributed by atoms with Crippen molar-refractivity contribution in [3.8, 4) is 6.07 Å². The molecule has 0 saturated carbocycles. The molecule has 0 unspecified atom stereocenters. The summed E-state index contributed by atoms with van der Waals surface area (Å²) in [7, 11) is 0. The van der Waals surface area contributed by atoms with E-state index in [0.717, 1.165) is 10.9 Å². The molecule has 0 aromatic heterocycles. The maximum atomic E-state index is 11.7. The van der Waals surface area contributed by atoms with Gasteiger partial charge in [-0.3, -0.25) is 0 Å². The predicted molar refractivity (Wildman–Crippen MR) is 78.9 cm³/mol.